The highest BCUT2D eigenvalue weighted by molar-refractivity contribution is 7.93. The number of ketones is 1. The van der Waals surface area contributed by atoms with Gasteiger partial charge in [0.05, 0.1) is 26.4 Å². The topological polar surface area (TPSA) is 185 Å². The molecule has 0 saturated carbocycles. The number of aliphatic carboxylic acids is 2. The zero-order valence-electron chi connectivity index (χ0n) is 14.6. The smallest absolute Gasteiger partial charge is 0.331 e. The molecule has 0 radical (unpaired) electrons. The number of carbonyl (C=O) groups excluding carboxylic acids is 1. The Kier molecular flexibility index (Phi) is 7.11. The van der Waals surface area contributed by atoms with Crippen molar-refractivity contribution in [3.05, 3.63) is 0 Å². The number of Topliss-reactive ketones (excluding diaryl/α,β-unsaturated/α-hetero) is 1. The van der Waals surface area contributed by atoms with Crippen molar-refractivity contribution in [1.82, 2.24) is 8.61 Å². The summed E-state index contributed by atoms with van der Waals surface area (Å²) in [5.74, 6) is -6.25. The molecule has 2 unspecified atom stereocenters. The number of hydrogen-bond acceptors (Lipinski definition) is 9. The molecule has 2 aliphatic rings. The first-order chi connectivity index (χ1) is 13.0. The van der Waals surface area contributed by atoms with Gasteiger partial charge in [-0.1, -0.05) is 0 Å². The van der Waals surface area contributed by atoms with E-state index in [4.69, 9.17) is 9.47 Å². The Bertz CT molecular complexity index is 759. The minimum Gasteiger partial charge on any atom is -0.480 e. The lowest BCUT2D eigenvalue weighted by Crippen LogP contribution is -2.58. The van der Waals surface area contributed by atoms with Crippen LogP contribution in [0.3, 0.4) is 0 Å². The van der Waals surface area contributed by atoms with E-state index >= 15 is 0 Å². The maximum absolute atomic E-state index is 12.7. The molecule has 2 saturated heterocycles. The van der Waals surface area contributed by atoms with Crippen LogP contribution in [-0.2, 0) is 43.9 Å². The zero-order valence-corrected chi connectivity index (χ0v) is 16.2. The van der Waals surface area contributed by atoms with Gasteiger partial charge in [-0.3, -0.25) is 14.4 Å². The number of nitrogens with zero attached hydrogens (tertiary/aromatic N) is 2. The predicted molar refractivity (Wildman–Crippen MR) is 90.5 cm³/mol. The van der Waals surface area contributed by atoms with Crippen molar-refractivity contribution in [3.8, 4) is 0 Å². The van der Waals surface area contributed by atoms with E-state index in [1.807, 2.05) is 0 Å². The molecule has 0 aromatic heterocycles. The second kappa shape index (κ2) is 8.79. The first-order valence-corrected chi connectivity index (χ1v) is 11.1. The number of carboxylic acids is 2. The van der Waals surface area contributed by atoms with E-state index in [0.717, 1.165) is 0 Å². The summed E-state index contributed by atoms with van der Waals surface area (Å²) in [7, 11) is -9.72. The molecule has 2 N–H and O–H groups in total. The third kappa shape index (κ3) is 4.49. The van der Waals surface area contributed by atoms with Crippen LogP contribution in [0.4, 0.5) is 0 Å². The summed E-state index contributed by atoms with van der Waals surface area (Å²) in [4.78, 5) is 35.8. The van der Waals surface area contributed by atoms with Crippen molar-refractivity contribution in [3.63, 3.8) is 0 Å². The first-order valence-electron chi connectivity index (χ1n) is 8.14. The van der Waals surface area contributed by atoms with Crippen LogP contribution in [-0.4, -0.2) is 116 Å². The maximum atomic E-state index is 12.7. The van der Waals surface area contributed by atoms with Crippen LogP contribution in [0.2, 0.25) is 0 Å². The molecule has 0 aliphatic carbocycles. The first kappa shape index (κ1) is 22.6. The molecular formula is C13H20N2O11S2. The van der Waals surface area contributed by atoms with E-state index in [9.17, 15) is 41.4 Å². The summed E-state index contributed by atoms with van der Waals surface area (Å²) in [6.07, 6.45) is 0. The molecule has 2 atom stereocenters. The van der Waals surface area contributed by atoms with Crippen LogP contribution in [0.25, 0.3) is 0 Å². The molecule has 2 rings (SSSR count). The number of morpholine rings is 2. The van der Waals surface area contributed by atoms with Crippen LogP contribution in [0.15, 0.2) is 0 Å². The molecule has 0 aromatic rings. The summed E-state index contributed by atoms with van der Waals surface area (Å²) < 4.78 is 61.9. The van der Waals surface area contributed by atoms with Crippen molar-refractivity contribution in [2.75, 3.05) is 52.6 Å². The Balaban J connectivity index is 2.42. The summed E-state index contributed by atoms with van der Waals surface area (Å²) in [6.45, 7) is -1.16. The lowest BCUT2D eigenvalue weighted by Gasteiger charge is -2.31. The second-order valence-corrected chi connectivity index (χ2v) is 9.99. The van der Waals surface area contributed by atoms with Crippen LogP contribution < -0.4 is 0 Å². The highest BCUT2D eigenvalue weighted by Gasteiger charge is 2.53. The van der Waals surface area contributed by atoms with Gasteiger partial charge in [0.25, 0.3) is 0 Å². The average molecular weight is 444 g/mol. The fraction of sp³-hybridized carbons (Fsp3) is 0.769. The Hall–Kier alpha value is -1.65. The van der Waals surface area contributed by atoms with E-state index in [2.05, 4.69) is 0 Å². The minimum absolute atomic E-state index is 0.0474. The Labute approximate surface area is 160 Å². The number of sulfonamides is 2. The molecule has 2 fully saturated rings. The molecule has 2 heterocycles. The van der Waals surface area contributed by atoms with Gasteiger partial charge in [-0.15, -0.1) is 0 Å². The van der Waals surface area contributed by atoms with Crippen molar-refractivity contribution in [1.29, 1.82) is 0 Å². The molecule has 0 amide bonds. The van der Waals surface area contributed by atoms with Gasteiger partial charge in [-0.2, -0.15) is 8.61 Å². The Morgan fingerprint density at radius 3 is 1.21 bits per heavy atom. The van der Waals surface area contributed by atoms with Crippen molar-refractivity contribution < 1.29 is 50.9 Å². The maximum Gasteiger partial charge on any atom is 0.331 e. The van der Waals surface area contributed by atoms with E-state index in [0.29, 0.717) is 8.61 Å². The monoisotopic (exact) mass is 444 g/mol. The molecule has 2 aliphatic heterocycles. The molecule has 160 valence electrons. The van der Waals surface area contributed by atoms with Crippen molar-refractivity contribution in [2.24, 2.45) is 0 Å². The van der Waals surface area contributed by atoms with Crippen LogP contribution in [0.1, 0.15) is 0 Å². The number of ether oxygens (including phenoxy) is 2. The molecule has 0 bridgehead atoms. The van der Waals surface area contributed by atoms with E-state index < -0.39 is 48.3 Å². The third-order valence-electron chi connectivity index (χ3n) is 4.22. The molecule has 0 spiro atoms. The quantitative estimate of drug-likeness (QED) is 0.359. The number of hydrogen-bond donors (Lipinski definition) is 2. The van der Waals surface area contributed by atoms with Crippen LogP contribution >= 0.6 is 0 Å². The Morgan fingerprint density at radius 1 is 0.679 bits per heavy atom. The molecule has 15 heteroatoms. The van der Waals surface area contributed by atoms with Gasteiger partial charge in [0.2, 0.25) is 30.5 Å². The van der Waals surface area contributed by atoms with Crippen LogP contribution in [0, 0.1) is 0 Å². The normalized spacial score (nSPS) is 22.3. The fourth-order valence-electron chi connectivity index (χ4n) is 2.83. The fourth-order valence-corrected chi connectivity index (χ4v) is 6.20. The van der Waals surface area contributed by atoms with E-state index in [1.165, 1.54) is 0 Å². The summed E-state index contributed by atoms with van der Waals surface area (Å²) >= 11 is 0. The lowest BCUT2D eigenvalue weighted by molar-refractivity contribution is -0.142. The molecule has 0 aromatic carbocycles. The Morgan fingerprint density at radius 2 is 0.964 bits per heavy atom. The summed E-state index contributed by atoms with van der Waals surface area (Å²) in [5, 5.41) is 12.9. The number of carbonyl (C=O) groups is 3. The SMILES string of the molecule is O=C(O)C(C(=O)C(C(=O)O)S(=O)(=O)N1CCOCC1)S(=O)(=O)N1CCOCC1. The second-order valence-electron chi connectivity index (χ2n) is 5.95. The highest BCUT2D eigenvalue weighted by atomic mass is 32.2. The van der Waals surface area contributed by atoms with Gasteiger partial charge in [-0.25, -0.2) is 16.8 Å². The molecule has 28 heavy (non-hydrogen) atoms. The average Bonchev–Trinajstić information content (AvgIpc) is 2.62. The molecule has 13 nitrogen and oxygen atoms in total. The van der Waals surface area contributed by atoms with Crippen LogP contribution in [0.5, 0.6) is 0 Å². The van der Waals surface area contributed by atoms with E-state index in [-0.39, 0.29) is 52.6 Å². The van der Waals surface area contributed by atoms with Gasteiger partial charge in [0.1, 0.15) is 0 Å². The standard InChI is InChI=1S/C13H20N2O11S2/c16-9(10(12(17)18)27(21,22)14-1-5-25-6-2-14)11(13(19)20)28(23,24)15-3-7-26-8-4-15/h10-11H,1-8H2,(H,17,18)(H,19,20). The van der Waals surface area contributed by atoms with Crippen molar-refractivity contribution in [2.45, 2.75) is 10.5 Å². The summed E-state index contributed by atoms with van der Waals surface area (Å²) in [6, 6.07) is 0. The highest BCUT2D eigenvalue weighted by Crippen LogP contribution is 2.20. The molecular weight excluding hydrogens is 424 g/mol. The third-order valence-corrected chi connectivity index (χ3v) is 8.45. The zero-order chi connectivity index (χ0) is 21.1. The van der Waals surface area contributed by atoms with Crippen molar-refractivity contribution >= 4 is 37.8 Å². The van der Waals surface area contributed by atoms with Gasteiger partial charge >= 0.3 is 11.9 Å². The van der Waals surface area contributed by atoms with E-state index in [1.54, 1.807) is 0 Å². The largest absolute Gasteiger partial charge is 0.480 e. The van der Waals surface area contributed by atoms with Gasteiger partial charge in [0, 0.05) is 26.2 Å². The van der Waals surface area contributed by atoms with Gasteiger partial charge < -0.3 is 19.7 Å². The minimum atomic E-state index is -4.86. The van der Waals surface area contributed by atoms with Gasteiger partial charge in [-0.05, 0) is 0 Å². The van der Waals surface area contributed by atoms with Gasteiger partial charge in [0.15, 0.2) is 5.78 Å². The number of rotatable bonds is 8. The summed E-state index contributed by atoms with van der Waals surface area (Å²) in [5.41, 5.74) is 0. The lowest BCUT2D eigenvalue weighted by atomic mass is 10.2. The number of carboxylic acid groups (broad SMARTS) is 2. The predicted octanol–water partition coefficient (Wildman–Crippen LogP) is -3.21.